The van der Waals surface area contributed by atoms with E-state index in [-0.39, 0.29) is 24.3 Å². The second-order valence-corrected chi connectivity index (χ2v) is 7.94. The van der Waals surface area contributed by atoms with Crippen LogP contribution in [0.15, 0.2) is 76.3 Å². The first-order valence-corrected chi connectivity index (χ1v) is 11.1. The van der Waals surface area contributed by atoms with Crippen LogP contribution >= 0.6 is 0 Å². The molecule has 0 aliphatic heterocycles. The van der Waals surface area contributed by atoms with Crippen LogP contribution in [0.4, 0.5) is 0 Å². The van der Waals surface area contributed by atoms with Crippen LogP contribution in [0.25, 0.3) is 10.9 Å². The monoisotopic (exact) mass is 474 g/mol. The number of aromatic nitrogens is 2. The fraction of sp³-hybridized carbons (Fsp3) is 0.222. The molecule has 0 amide bonds. The van der Waals surface area contributed by atoms with Gasteiger partial charge in [-0.2, -0.15) is 0 Å². The van der Waals surface area contributed by atoms with Crippen LogP contribution in [-0.2, 0) is 19.5 Å². The van der Waals surface area contributed by atoms with Gasteiger partial charge in [0.1, 0.15) is 5.75 Å². The molecule has 35 heavy (non-hydrogen) atoms. The van der Waals surface area contributed by atoms with Crippen molar-refractivity contribution >= 4 is 16.7 Å². The van der Waals surface area contributed by atoms with Gasteiger partial charge in [-0.05, 0) is 30.2 Å². The van der Waals surface area contributed by atoms with Crippen LogP contribution in [0.5, 0.6) is 17.2 Å². The Kier molecular flexibility index (Phi) is 7.01. The number of rotatable bonds is 9. The van der Waals surface area contributed by atoms with E-state index in [0.29, 0.717) is 34.7 Å². The molecule has 0 spiro atoms. The van der Waals surface area contributed by atoms with E-state index < -0.39 is 11.2 Å². The number of hydrogen-bond donors (Lipinski definition) is 0. The quantitative estimate of drug-likeness (QED) is 0.346. The molecule has 0 saturated carbocycles. The molecule has 0 bridgehead atoms. The van der Waals surface area contributed by atoms with Gasteiger partial charge in [0.05, 0.1) is 38.8 Å². The second kappa shape index (κ2) is 10.3. The van der Waals surface area contributed by atoms with Gasteiger partial charge in [-0.3, -0.25) is 18.7 Å². The van der Waals surface area contributed by atoms with E-state index in [1.54, 1.807) is 36.4 Å². The maximum Gasteiger partial charge on any atom is 0.331 e. The lowest BCUT2D eigenvalue weighted by Gasteiger charge is -2.16. The van der Waals surface area contributed by atoms with Crippen molar-refractivity contribution in [2.75, 3.05) is 21.3 Å². The minimum absolute atomic E-state index is 0.166. The van der Waals surface area contributed by atoms with Crippen molar-refractivity contribution in [3.8, 4) is 17.2 Å². The van der Waals surface area contributed by atoms with E-state index in [0.717, 1.165) is 5.56 Å². The van der Waals surface area contributed by atoms with E-state index in [9.17, 15) is 14.4 Å². The van der Waals surface area contributed by atoms with Gasteiger partial charge >= 0.3 is 5.69 Å². The highest BCUT2D eigenvalue weighted by Gasteiger charge is 2.19. The zero-order chi connectivity index (χ0) is 24.9. The van der Waals surface area contributed by atoms with E-state index in [2.05, 4.69) is 0 Å². The lowest BCUT2D eigenvalue weighted by atomic mass is 10.1. The van der Waals surface area contributed by atoms with E-state index in [1.807, 2.05) is 30.3 Å². The third-order valence-corrected chi connectivity index (χ3v) is 5.89. The predicted octanol–water partition coefficient (Wildman–Crippen LogP) is 3.31. The van der Waals surface area contributed by atoms with Gasteiger partial charge < -0.3 is 14.2 Å². The summed E-state index contributed by atoms with van der Waals surface area (Å²) in [5.74, 6) is 0.946. The number of carbonyl (C=O) groups is 1. The highest BCUT2D eigenvalue weighted by Crippen LogP contribution is 2.30. The topological polar surface area (TPSA) is 88.8 Å². The molecule has 0 fully saturated rings. The molecule has 1 aromatic heterocycles. The summed E-state index contributed by atoms with van der Waals surface area (Å²) >= 11 is 0. The van der Waals surface area contributed by atoms with Gasteiger partial charge in [-0.25, -0.2) is 4.79 Å². The Labute approximate surface area is 201 Å². The number of ether oxygens (including phenoxy) is 3. The molecule has 8 nitrogen and oxygen atoms in total. The maximum atomic E-state index is 13.5. The summed E-state index contributed by atoms with van der Waals surface area (Å²) < 4.78 is 18.5. The average molecular weight is 475 g/mol. The molecule has 8 heteroatoms. The number of methoxy groups -OCH3 is 3. The molecule has 0 aliphatic carbocycles. The Hall–Kier alpha value is -4.33. The fourth-order valence-electron chi connectivity index (χ4n) is 4.01. The van der Waals surface area contributed by atoms with E-state index in [1.165, 1.54) is 30.5 Å². The highest BCUT2D eigenvalue weighted by atomic mass is 16.5. The summed E-state index contributed by atoms with van der Waals surface area (Å²) in [6.07, 6.45) is 0.485. The summed E-state index contributed by atoms with van der Waals surface area (Å²) in [7, 11) is 4.46. The summed E-state index contributed by atoms with van der Waals surface area (Å²) in [6, 6.07) is 19.4. The zero-order valence-corrected chi connectivity index (χ0v) is 19.8. The number of aryl methyl sites for hydroxylation is 1. The number of benzene rings is 3. The molecule has 3 aromatic carbocycles. The number of fused-ring (bicyclic) bond motifs is 1. The Bertz CT molecular complexity index is 1490. The Morgan fingerprint density at radius 1 is 0.800 bits per heavy atom. The lowest BCUT2D eigenvalue weighted by Crippen LogP contribution is -2.41. The van der Waals surface area contributed by atoms with Crippen molar-refractivity contribution < 1.29 is 19.0 Å². The van der Waals surface area contributed by atoms with Crippen LogP contribution in [0.3, 0.4) is 0 Å². The molecule has 0 radical (unpaired) electrons. The van der Waals surface area contributed by atoms with E-state index >= 15 is 0 Å². The molecular weight excluding hydrogens is 448 g/mol. The van der Waals surface area contributed by atoms with Gasteiger partial charge in [-0.15, -0.1) is 0 Å². The second-order valence-electron chi connectivity index (χ2n) is 7.94. The molecule has 4 rings (SSSR count). The van der Waals surface area contributed by atoms with Crippen LogP contribution in [0.2, 0.25) is 0 Å². The number of nitrogens with zero attached hydrogens (tertiary/aromatic N) is 2. The smallest absolute Gasteiger partial charge is 0.331 e. The average Bonchev–Trinajstić information content (AvgIpc) is 2.90. The van der Waals surface area contributed by atoms with Crippen molar-refractivity contribution in [3.63, 3.8) is 0 Å². The highest BCUT2D eigenvalue weighted by molar-refractivity contribution is 5.97. The van der Waals surface area contributed by atoms with Gasteiger partial charge in [0.2, 0.25) is 0 Å². The van der Waals surface area contributed by atoms with Crippen molar-refractivity contribution in [2.24, 2.45) is 0 Å². The molecule has 180 valence electrons. The Balaban J connectivity index is 1.86. The van der Waals surface area contributed by atoms with Crippen molar-refractivity contribution in [1.82, 2.24) is 9.13 Å². The predicted molar refractivity (Wildman–Crippen MR) is 133 cm³/mol. The van der Waals surface area contributed by atoms with Gasteiger partial charge in [0, 0.05) is 18.2 Å². The molecule has 0 N–H and O–H groups in total. The summed E-state index contributed by atoms with van der Waals surface area (Å²) in [6.45, 7) is -0.0943. The number of ketones is 1. The minimum atomic E-state index is -0.568. The zero-order valence-electron chi connectivity index (χ0n) is 19.8. The molecule has 0 atom stereocenters. The summed E-state index contributed by atoms with van der Waals surface area (Å²) in [5, 5.41) is 0.258. The first kappa shape index (κ1) is 23.8. The van der Waals surface area contributed by atoms with Gasteiger partial charge in [0.25, 0.3) is 5.56 Å². The van der Waals surface area contributed by atoms with Crippen LogP contribution in [0, 0.1) is 0 Å². The number of hydrogen-bond acceptors (Lipinski definition) is 6. The molecule has 0 saturated heterocycles. The third kappa shape index (κ3) is 4.82. The van der Waals surface area contributed by atoms with Gasteiger partial charge in [0.15, 0.2) is 17.3 Å². The largest absolute Gasteiger partial charge is 0.497 e. The first-order valence-electron chi connectivity index (χ1n) is 11.1. The minimum Gasteiger partial charge on any atom is -0.497 e. The normalized spacial score (nSPS) is 10.8. The number of carbonyl (C=O) groups excluding carboxylic acids is 1. The van der Waals surface area contributed by atoms with Crippen molar-refractivity contribution in [1.29, 1.82) is 0 Å². The van der Waals surface area contributed by atoms with E-state index in [4.69, 9.17) is 14.2 Å². The van der Waals surface area contributed by atoms with Crippen LogP contribution in [-0.4, -0.2) is 36.2 Å². The van der Waals surface area contributed by atoms with Gasteiger partial charge in [-0.1, -0.05) is 42.5 Å². The first-order chi connectivity index (χ1) is 17.0. The maximum absolute atomic E-state index is 13.5. The summed E-state index contributed by atoms with van der Waals surface area (Å²) in [4.78, 5) is 40.1. The molecule has 0 aliphatic rings. The van der Waals surface area contributed by atoms with Crippen LogP contribution in [0.1, 0.15) is 15.9 Å². The SMILES string of the molecule is COc1cccc(C(=O)Cn2c(=O)n(CCc3ccccc3)c(=O)c3cc(OC)c(OC)cc32)c1. The molecule has 1 heterocycles. The van der Waals surface area contributed by atoms with Crippen LogP contribution < -0.4 is 25.5 Å². The molecule has 4 aromatic rings. The summed E-state index contributed by atoms with van der Waals surface area (Å²) in [5.41, 5.74) is 0.663. The molecule has 0 unspecified atom stereocenters. The Morgan fingerprint density at radius 2 is 1.51 bits per heavy atom. The standard InChI is InChI=1S/C27H26N2O6/c1-33-20-11-7-10-19(14-20)23(30)17-29-22-16-25(35-3)24(34-2)15-21(22)26(31)28(27(29)32)13-12-18-8-5-4-6-9-18/h4-11,14-16H,12-13,17H2,1-3H3. The molecular formula is C27H26N2O6. The van der Waals surface area contributed by atoms with Crippen molar-refractivity contribution in [2.45, 2.75) is 19.5 Å². The fourth-order valence-corrected chi connectivity index (χ4v) is 4.01. The van der Waals surface area contributed by atoms with Crippen molar-refractivity contribution in [3.05, 3.63) is 98.7 Å². The number of Topliss-reactive ketones (excluding diaryl/α,β-unsaturated/α-hetero) is 1. The lowest BCUT2D eigenvalue weighted by molar-refractivity contribution is 0.0971. The Morgan fingerprint density at radius 3 is 2.20 bits per heavy atom. The third-order valence-electron chi connectivity index (χ3n) is 5.89.